The predicted molar refractivity (Wildman–Crippen MR) is 334 cm³/mol. The third-order valence-electron chi connectivity index (χ3n) is 18.1. The van der Waals surface area contributed by atoms with E-state index in [0.29, 0.717) is 42.5 Å². The molecule has 89 heavy (non-hydrogen) atoms. The molecule has 4 heterocycles. The third-order valence-corrected chi connectivity index (χ3v) is 19.0. The minimum atomic E-state index is -1.13. The van der Waals surface area contributed by atoms with Gasteiger partial charge in [-0.15, -0.1) is 11.3 Å². The van der Waals surface area contributed by atoms with Gasteiger partial charge in [0, 0.05) is 76.2 Å². The van der Waals surface area contributed by atoms with Gasteiger partial charge in [0.1, 0.15) is 23.1 Å². The summed E-state index contributed by atoms with van der Waals surface area (Å²) in [6.45, 7) is 13.7. The Morgan fingerprint density at radius 3 is 2.20 bits per heavy atom. The van der Waals surface area contributed by atoms with Crippen LogP contribution in [0.2, 0.25) is 0 Å². The lowest BCUT2D eigenvalue weighted by molar-refractivity contribution is -0.148. The van der Waals surface area contributed by atoms with E-state index in [-0.39, 0.29) is 106 Å². The van der Waals surface area contributed by atoms with E-state index in [1.807, 2.05) is 46.2 Å². The van der Waals surface area contributed by atoms with E-state index in [9.17, 15) is 47.9 Å². The van der Waals surface area contributed by atoms with E-state index < -0.39 is 95.9 Å². The van der Waals surface area contributed by atoms with Crippen LogP contribution in [0.15, 0.2) is 48.0 Å². The zero-order valence-electron chi connectivity index (χ0n) is 53.6. The molecule has 0 spiro atoms. The number of hydrogen-bond donors (Lipinski definition) is 7. The van der Waals surface area contributed by atoms with Crippen molar-refractivity contribution >= 4 is 76.2 Å². The van der Waals surface area contributed by atoms with Gasteiger partial charge in [-0.05, 0) is 99.8 Å². The van der Waals surface area contributed by atoms with Crippen molar-refractivity contribution in [3.05, 3.63) is 58.6 Å². The highest BCUT2D eigenvalue weighted by Gasteiger charge is 2.49. The first kappa shape index (κ1) is 71.2. The van der Waals surface area contributed by atoms with Crippen LogP contribution in [0.25, 0.3) is 0 Å². The number of methoxy groups -OCH3 is 2. The molecule has 492 valence electrons. The number of carbonyl (C=O) groups is 10. The number of nitrogens with two attached hydrogens (primary N) is 1. The molecule has 2 saturated heterocycles. The van der Waals surface area contributed by atoms with Crippen molar-refractivity contribution in [2.75, 3.05) is 66.5 Å². The number of aromatic nitrogens is 1. The summed E-state index contributed by atoms with van der Waals surface area (Å²) in [5.41, 5.74) is 6.40. The zero-order valence-corrected chi connectivity index (χ0v) is 54.4. The van der Waals surface area contributed by atoms with Gasteiger partial charge in [-0.3, -0.25) is 53.0 Å². The van der Waals surface area contributed by atoms with Gasteiger partial charge in [-0.2, -0.15) is 0 Å². The maximum atomic E-state index is 14.7. The minimum absolute atomic E-state index is 0.0157. The molecule has 4 aliphatic rings. The molecule has 0 radical (unpaired) electrons. The number of nitrogens with zero attached hydrogens (tertiary/aromatic N) is 5. The summed E-state index contributed by atoms with van der Waals surface area (Å²) in [4.78, 5) is 145. The maximum absolute atomic E-state index is 14.7. The van der Waals surface area contributed by atoms with Gasteiger partial charge >= 0.3 is 6.03 Å². The van der Waals surface area contributed by atoms with Crippen LogP contribution < -0.4 is 37.6 Å². The van der Waals surface area contributed by atoms with Crippen molar-refractivity contribution in [3.63, 3.8) is 0 Å². The van der Waals surface area contributed by atoms with Crippen LogP contribution in [0.1, 0.15) is 129 Å². The summed E-state index contributed by atoms with van der Waals surface area (Å²) >= 11 is 1.36. The lowest BCUT2D eigenvalue weighted by atomic mass is 9.89. The number of anilines is 1. The molecule has 8 N–H and O–H groups in total. The number of rotatable bonds is 35. The lowest BCUT2D eigenvalue weighted by Crippen LogP contribution is -2.60. The molecular formula is C63H96N12O13S. The van der Waals surface area contributed by atoms with Crippen molar-refractivity contribution in [2.24, 2.45) is 35.3 Å². The van der Waals surface area contributed by atoms with Gasteiger partial charge in [-0.1, -0.05) is 67.0 Å². The molecule has 26 heteroatoms. The number of fused-ring (bicyclic) bond motifs is 2. The van der Waals surface area contributed by atoms with Gasteiger partial charge in [0.05, 0.1) is 68.5 Å². The molecule has 1 aromatic heterocycles. The van der Waals surface area contributed by atoms with Crippen molar-refractivity contribution in [3.8, 4) is 0 Å². The van der Waals surface area contributed by atoms with Crippen LogP contribution >= 0.6 is 11.3 Å². The molecule has 25 nitrogen and oxygen atoms in total. The highest BCUT2D eigenvalue weighted by Crippen LogP contribution is 2.41. The molecule has 1 aliphatic carbocycles. The number of hydrogen-bond acceptors (Lipinski definition) is 16. The summed E-state index contributed by atoms with van der Waals surface area (Å²) in [6, 6.07) is 1.86. The van der Waals surface area contributed by atoms with Crippen LogP contribution in [0.3, 0.4) is 0 Å². The number of likely N-dealkylation sites (tertiary alicyclic amines) is 2. The van der Waals surface area contributed by atoms with E-state index in [1.54, 1.807) is 69.1 Å². The monoisotopic (exact) mass is 1260 g/mol. The van der Waals surface area contributed by atoms with Crippen LogP contribution in [-0.4, -0.2) is 199 Å². The predicted octanol–water partition coefficient (Wildman–Crippen LogP) is 3.43. The first-order chi connectivity index (χ1) is 42.4. The highest BCUT2D eigenvalue weighted by atomic mass is 32.1. The fraction of sp³-hybridized carbons (Fsp3) is 0.667. The molecule has 2 aromatic rings. The van der Waals surface area contributed by atoms with Crippen LogP contribution in [0.4, 0.5) is 10.5 Å². The second kappa shape index (κ2) is 33.8. The second-order valence-corrected chi connectivity index (χ2v) is 25.7. The Bertz CT molecular complexity index is 2780. The van der Waals surface area contributed by atoms with E-state index in [0.717, 1.165) is 29.7 Å². The Morgan fingerprint density at radius 2 is 1.58 bits per heavy atom. The highest BCUT2D eigenvalue weighted by molar-refractivity contribution is 7.09. The third kappa shape index (κ3) is 19.1. The summed E-state index contributed by atoms with van der Waals surface area (Å²) < 4.78 is 17.7. The van der Waals surface area contributed by atoms with Crippen molar-refractivity contribution in [1.29, 1.82) is 0 Å². The van der Waals surface area contributed by atoms with Gasteiger partial charge in [0.25, 0.3) is 11.8 Å². The van der Waals surface area contributed by atoms with Crippen molar-refractivity contribution in [2.45, 2.75) is 180 Å². The Labute approximate surface area is 527 Å². The number of benzene rings is 1. The maximum Gasteiger partial charge on any atom is 0.312 e. The molecule has 4 unspecified atom stereocenters. The van der Waals surface area contributed by atoms with Crippen molar-refractivity contribution in [1.82, 2.24) is 51.2 Å². The lowest BCUT2D eigenvalue weighted by Gasteiger charge is -2.41. The average molecular weight is 1260 g/mol. The minimum Gasteiger partial charge on any atom is -0.379 e. The molecule has 2 bridgehead atoms. The van der Waals surface area contributed by atoms with Crippen LogP contribution in [0, 0.1) is 29.6 Å². The first-order valence-corrected chi connectivity index (χ1v) is 32.2. The van der Waals surface area contributed by atoms with Gasteiger partial charge < -0.3 is 61.6 Å². The largest absolute Gasteiger partial charge is 0.379 e. The number of urea groups is 1. The fourth-order valence-corrected chi connectivity index (χ4v) is 13.6. The number of carbonyl (C=O) groups excluding carboxylic acids is 10. The van der Waals surface area contributed by atoms with Crippen LogP contribution in [0.5, 0.6) is 0 Å². The van der Waals surface area contributed by atoms with E-state index in [2.05, 4.69) is 41.8 Å². The van der Waals surface area contributed by atoms with Gasteiger partial charge in [-0.25, -0.2) is 9.78 Å². The number of ether oxygens (including phenoxy) is 3. The van der Waals surface area contributed by atoms with Crippen LogP contribution in [-0.2, 0) is 63.8 Å². The molecule has 3 fully saturated rings. The smallest absolute Gasteiger partial charge is 0.312 e. The molecule has 1 aromatic carbocycles. The Balaban J connectivity index is 1.08. The zero-order chi connectivity index (χ0) is 65.2. The number of thiazole rings is 1. The fourth-order valence-electron chi connectivity index (χ4n) is 12.9. The molecule has 3 aliphatic heterocycles. The SMILES string of the molecule is CC[C@H](C)[C@@H]([C@@H](CC(=O)N1CCCC1[C@H](OC)[C@@H](C)C(=O)N[C@@H](Cc1cccc(NC(=O)C(CCCNC(N)=O)NC(=O)C(NC(=O)CCOCCN2C(=O)C=CC2=O)C(C)C)c1)c1nccs1)OC)N(C)C(=O)C(NC(=O)[C@@H]1[C@H]2CC[C@H](C2)N1C)C(C)C. The second-order valence-electron chi connectivity index (χ2n) is 24.8. The van der Waals surface area contributed by atoms with Gasteiger partial charge in [0.15, 0.2) is 0 Å². The summed E-state index contributed by atoms with van der Waals surface area (Å²) in [7, 11) is 6.81. The first-order valence-electron chi connectivity index (χ1n) is 31.4. The topological polar surface area (TPSA) is 322 Å². The van der Waals surface area contributed by atoms with Crippen molar-refractivity contribution < 1.29 is 62.2 Å². The molecule has 13 atom stereocenters. The summed E-state index contributed by atoms with van der Waals surface area (Å²) in [5.74, 6) is -4.62. The number of amides is 11. The Hall–Kier alpha value is -6.87. The van der Waals surface area contributed by atoms with E-state index in [4.69, 9.17) is 19.9 Å². The number of primary amides is 1. The summed E-state index contributed by atoms with van der Waals surface area (Å²) in [6.07, 6.45) is 8.06. The summed E-state index contributed by atoms with van der Waals surface area (Å²) in [5, 5.41) is 19.7. The van der Waals surface area contributed by atoms with E-state index in [1.165, 1.54) is 30.6 Å². The Kier molecular flexibility index (Phi) is 27.0. The molecule has 11 amide bonds. The molecule has 1 saturated carbocycles. The number of likely N-dealkylation sites (N-methyl/N-ethyl adjacent to an activating group) is 2. The van der Waals surface area contributed by atoms with Gasteiger partial charge in [0.2, 0.25) is 41.4 Å². The number of imide groups is 1. The molecular weight excluding hydrogens is 1160 g/mol. The quantitative estimate of drug-likeness (QED) is 0.0384. The average Bonchev–Trinajstić information content (AvgIpc) is 2.82. The standard InChI is InChI=1S/C63H96N12O13S/c1-12-38(6)54(73(9)62(84)53(37(4)5)71-60(83)55-41-20-21-43(34-41)72(55)8)47(86-10)35-51(79)74-27-15-19-46(74)56(87-11)39(7)57(80)69-45(61-65-26-31-89-61)33-40-16-13-17-42(32-40)67-58(81)44(18-14-25-66-63(64)85)68-59(82)52(36(2)3)70-48(76)24-29-88-30-28-75-49(77)22-23-50(75)78/h13,16-17,22-23,26,31-32,36-39,41,43-47,52-56H,12,14-15,18-21,24-25,27-30,33-35H2,1-11H3,(H,67,81)(H,68,82)(H,69,80)(H,70,76)(H,71,83)(H3,64,66,85)/t38-,39+,41-,43+,44?,45-,46?,47+,52?,53?,54-,55-,56+/m0/s1. The molecule has 6 rings (SSSR count). The number of piperidine rings is 1. The number of nitrogens with one attached hydrogen (secondary N) is 6. The Morgan fingerprint density at radius 1 is 0.865 bits per heavy atom. The normalized spacial score (nSPS) is 21.2. The van der Waals surface area contributed by atoms with E-state index >= 15 is 0 Å².